The van der Waals surface area contributed by atoms with Gasteiger partial charge in [0, 0.05) is 13.2 Å². The fourth-order valence-electron chi connectivity index (χ4n) is 1.15. The SMILES string of the molecule is CCOCCNC(=O)c1nc(NN)ccc1Cl. The molecule has 94 valence electrons. The first-order chi connectivity index (χ1) is 8.19. The number of hydrogen-bond acceptors (Lipinski definition) is 5. The van der Waals surface area contributed by atoms with Gasteiger partial charge in [-0.05, 0) is 19.1 Å². The fourth-order valence-corrected chi connectivity index (χ4v) is 1.34. The van der Waals surface area contributed by atoms with Crippen molar-refractivity contribution in [2.24, 2.45) is 5.84 Å². The van der Waals surface area contributed by atoms with E-state index in [1.165, 1.54) is 0 Å². The number of carbonyl (C=O) groups excluding carboxylic acids is 1. The van der Waals surface area contributed by atoms with E-state index >= 15 is 0 Å². The zero-order valence-electron chi connectivity index (χ0n) is 9.50. The van der Waals surface area contributed by atoms with Crippen LogP contribution in [0.4, 0.5) is 5.82 Å². The van der Waals surface area contributed by atoms with Gasteiger partial charge >= 0.3 is 0 Å². The smallest absolute Gasteiger partial charge is 0.271 e. The molecule has 0 spiro atoms. The van der Waals surface area contributed by atoms with Crippen LogP contribution >= 0.6 is 11.6 Å². The maximum atomic E-state index is 11.7. The molecule has 0 saturated carbocycles. The molecule has 0 aromatic carbocycles. The third-order valence-corrected chi connectivity index (χ3v) is 2.25. The Morgan fingerprint density at radius 2 is 2.35 bits per heavy atom. The van der Waals surface area contributed by atoms with Gasteiger partial charge in [0.1, 0.15) is 11.5 Å². The molecule has 1 aromatic heterocycles. The third-order valence-electron chi connectivity index (χ3n) is 1.95. The average molecular weight is 259 g/mol. The normalized spacial score (nSPS) is 10.1. The van der Waals surface area contributed by atoms with Crippen molar-refractivity contribution in [1.82, 2.24) is 10.3 Å². The summed E-state index contributed by atoms with van der Waals surface area (Å²) in [7, 11) is 0. The van der Waals surface area contributed by atoms with Crippen molar-refractivity contribution in [3.05, 3.63) is 22.8 Å². The molecule has 1 rings (SSSR count). The van der Waals surface area contributed by atoms with Crippen molar-refractivity contribution in [3.8, 4) is 0 Å². The maximum Gasteiger partial charge on any atom is 0.271 e. The van der Waals surface area contributed by atoms with Crippen LogP contribution in [0.15, 0.2) is 12.1 Å². The summed E-state index contributed by atoms with van der Waals surface area (Å²) in [5.41, 5.74) is 2.49. The molecule has 0 bridgehead atoms. The quantitative estimate of drug-likeness (QED) is 0.399. The van der Waals surface area contributed by atoms with Crippen LogP contribution in [0.2, 0.25) is 5.02 Å². The van der Waals surface area contributed by atoms with Crippen LogP contribution in [0.5, 0.6) is 0 Å². The molecule has 1 heterocycles. The van der Waals surface area contributed by atoms with Crippen LogP contribution in [-0.4, -0.2) is 30.6 Å². The molecular formula is C10H15ClN4O2. The van der Waals surface area contributed by atoms with Gasteiger partial charge in [-0.3, -0.25) is 4.79 Å². The molecule has 1 amide bonds. The Labute approximate surface area is 104 Å². The van der Waals surface area contributed by atoms with E-state index in [0.717, 1.165) is 0 Å². The molecule has 1 aromatic rings. The van der Waals surface area contributed by atoms with E-state index in [1.54, 1.807) is 12.1 Å². The minimum absolute atomic E-state index is 0.138. The number of nitrogens with one attached hydrogen (secondary N) is 2. The maximum absolute atomic E-state index is 11.7. The summed E-state index contributed by atoms with van der Waals surface area (Å²) in [4.78, 5) is 15.7. The zero-order chi connectivity index (χ0) is 12.7. The lowest BCUT2D eigenvalue weighted by Gasteiger charge is -2.07. The summed E-state index contributed by atoms with van der Waals surface area (Å²) in [5.74, 6) is 5.23. The number of carbonyl (C=O) groups is 1. The summed E-state index contributed by atoms with van der Waals surface area (Å²) in [5, 5.41) is 2.92. The number of anilines is 1. The van der Waals surface area contributed by atoms with E-state index < -0.39 is 0 Å². The first kappa shape index (κ1) is 13.7. The van der Waals surface area contributed by atoms with Gasteiger partial charge in [0.25, 0.3) is 5.91 Å². The first-order valence-corrected chi connectivity index (χ1v) is 5.56. The molecule has 4 N–H and O–H groups in total. The standard InChI is InChI=1S/C10H15ClN4O2/c1-2-17-6-5-13-10(16)9-7(11)3-4-8(14-9)15-12/h3-4H,2,5-6,12H2,1H3,(H,13,16)(H,14,15). The second-order valence-corrected chi connectivity index (χ2v) is 3.53. The van der Waals surface area contributed by atoms with E-state index in [9.17, 15) is 4.79 Å². The molecule has 0 fully saturated rings. The van der Waals surface area contributed by atoms with Crippen molar-refractivity contribution in [1.29, 1.82) is 0 Å². The van der Waals surface area contributed by atoms with Crippen LogP contribution < -0.4 is 16.6 Å². The van der Waals surface area contributed by atoms with Crippen LogP contribution in [0.3, 0.4) is 0 Å². The second-order valence-electron chi connectivity index (χ2n) is 3.12. The van der Waals surface area contributed by atoms with E-state index in [0.29, 0.717) is 25.6 Å². The number of nitrogens with two attached hydrogens (primary N) is 1. The average Bonchev–Trinajstić information content (AvgIpc) is 2.35. The Morgan fingerprint density at radius 3 is 3.00 bits per heavy atom. The number of nitrogen functional groups attached to an aromatic ring is 1. The number of rotatable bonds is 6. The van der Waals surface area contributed by atoms with Gasteiger partial charge in [-0.25, -0.2) is 10.8 Å². The van der Waals surface area contributed by atoms with Crippen molar-refractivity contribution in [2.45, 2.75) is 6.92 Å². The lowest BCUT2D eigenvalue weighted by Crippen LogP contribution is -2.28. The first-order valence-electron chi connectivity index (χ1n) is 5.18. The third kappa shape index (κ3) is 4.18. The molecule has 0 aliphatic heterocycles. The van der Waals surface area contributed by atoms with Crippen molar-refractivity contribution in [2.75, 3.05) is 25.2 Å². The molecule has 0 aliphatic carbocycles. The molecule has 17 heavy (non-hydrogen) atoms. The highest BCUT2D eigenvalue weighted by molar-refractivity contribution is 6.33. The molecule has 6 nitrogen and oxygen atoms in total. The number of hydrazine groups is 1. The summed E-state index contributed by atoms with van der Waals surface area (Å²) >= 11 is 5.86. The van der Waals surface area contributed by atoms with Crippen molar-refractivity contribution in [3.63, 3.8) is 0 Å². The minimum atomic E-state index is -0.355. The van der Waals surface area contributed by atoms with Gasteiger partial charge in [-0.15, -0.1) is 0 Å². The monoisotopic (exact) mass is 258 g/mol. The number of ether oxygens (including phenoxy) is 1. The van der Waals surface area contributed by atoms with Gasteiger partial charge in [-0.2, -0.15) is 0 Å². The lowest BCUT2D eigenvalue weighted by molar-refractivity contribution is 0.0918. The van der Waals surface area contributed by atoms with Crippen LogP contribution in [0, 0.1) is 0 Å². The topological polar surface area (TPSA) is 89.3 Å². The summed E-state index contributed by atoms with van der Waals surface area (Å²) in [6.07, 6.45) is 0. The van der Waals surface area contributed by atoms with Crippen LogP contribution in [-0.2, 0) is 4.74 Å². The number of halogens is 1. The van der Waals surface area contributed by atoms with Gasteiger partial charge in [0.15, 0.2) is 0 Å². The minimum Gasteiger partial charge on any atom is -0.380 e. The van der Waals surface area contributed by atoms with E-state index in [-0.39, 0.29) is 16.6 Å². The number of nitrogens with zero attached hydrogens (tertiary/aromatic N) is 1. The Hall–Kier alpha value is -1.37. The number of hydrogen-bond donors (Lipinski definition) is 3. The van der Waals surface area contributed by atoms with Crippen LogP contribution in [0.1, 0.15) is 17.4 Å². The molecule has 0 aliphatic rings. The van der Waals surface area contributed by atoms with Crippen LogP contribution in [0.25, 0.3) is 0 Å². The number of amides is 1. The summed E-state index contributed by atoms with van der Waals surface area (Å²) < 4.78 is 5.09. The highest BCUT2D eigenvalue weighted by Crippen LogP contribution is 2.15. The Bertz CT molecular complexity index is 387. The van der Waals surface area contributed by atoms with Gasteiger partial charge < -0.3 is 15.5 Å². The zero-order valence-corrected chi connectivity index (χ0v) is 10.3. The highest BCUT2D eigenvalue weighted by Gasteiger charge is 2.12. The van der Waals surface area contributed by atoms with E-state index in [1.807, 2.05) is 6.92 Å². The molecule has 0 unspecified atom stereocenters. The molecule has 0 atom stereocenters. The van der Waals surface area contributed by atoms with Gasteiger partial charge in [0.2, 0.25) is 0 Å². The van der Waals surface area contributed by atoms with E-state index in [4.69, 9.17) is 22.2 Å². The molecular weight excluding hydrogens is 244 g/mol. The summed E-state index contributed by atoms with van der Waals surface area (Å²) in [6.45, 7) is 3.36. The van der Waals surface area contributed by atoms with Crippen molar-refractivity contribution >= 4 is 23.3 Å². The Balaban J connectivity index is 2.61. The van der Waals surface area contributed by atoms with Crippen molar-refractivity contribution < 1.29 is 9.53 Å². The predicted octanol–water partition coefficient (Wildman–Crippen LogP) is 0.787. The van der Waals surface area contributed by atoms with E-state index in [2.05, 4.69) is 15.7 Å². The fraction of sp³-hybridized carbons (Fsp3) is 0.400. The molecule has 0 saturated heterocycles. The predicted molar refractivity (Wildman–Crippen MR) is 65.9 cm³/mol. The molecule has 0 radical (unpaired) electrons. The van der Waals surface area contributed by atoms with Gasteiger partial charge in [0.05, 0.1) is 11.6 Å². The lowest BCUT2D eigenvalue weighted by atomic mass is 10.3. The summed E-state index contributed by atoms with van der Waals surface area (Å²) in [6, 6.07) is 3.14. The Morgan fingerprint density at radius 1 is 1.59 bits per heavy atom. The highest BCUT2D eigenvalue weighted by atomic mass is 35.5. The Kier molecular flexibility index (Phi) is 5.68. The number of pyridine rings is 1. The van der Waals surface area contributed by atoms with Gasteiger partial charge in [-0.1, -0.05) is 11.6 Å². The number of aromatic nitrogens is 1. The second kappa shape index (κ2) is 7.05. The largest absolute Gasteiger partial charge is 0.380 e. The molecule has 7 heteroatoms.